The molecule has 2 aliphatic heterocycles. The number of hydrogen-bond donors (Lipinski definition) is 1. The molecule has 1 amide bonds. The van der Waals surface area contributed by atoms with Crippen LogP contribution < -0.4 is 19.7 Å². The van der Waals surface area contributed by atoms with Crippen molar-refractivity contribution >= 4 is 23.3 Å². The molecule has 4 rings (SSSR count). The number of nitrogens with one attached hydrogen (secondary N) is 1. The number of amides is 1. The second kappa shape index (κ2) is 8.69. The molecule has 30 heavy (non-hydrogen) atoms. The molecule has 0 bridgehead atoms. The van der Waals surface area contributed by atoms with Gasteiger partial charge < -0.3 is 19.7 Å². The summed E-state index contributed by atoms with van der Waals surface area (Å²) in [4.78, 5) is 25.9. The van der Waals surface area contributed by atoms with E-state index in [4.69, 9.17) is 4.74 Å². The summed E-state index contributed by atoms with van der Waals surface area (Å²) in [5.41, 5.74) is 2.41. The first-order valence-electron chi connectivity index (χ1n) is 9.89. The monoisotopic (exact) mass is 416 g/mol. The summed E-state index contributed by atoms with van der Waals surface area (Å²) in [7, 11) is 0. The molecular formula is C22H22F2N2O4. The Kier molecular flexibility index (Phi) is 5.83. The number of anilines is 2. The molecule has 0 aliphatic carbocycles. The minimum atomic E-state index is -2.83. The molecule has 2 aromatic carbocycles. The number of carbonyl (C=O) groups excluding carboxylic acids is 2. The zero-order valence-electron chi connectivity index (χ0n) is 16.3. The van der Waals surface area contributed by atoms with Gasteiger partial charge >= 0.3 is 12.6 Å². The molecule has 6 nitrogen and oxygen atoms in total. The van der Waals surface area contributed by atoms with Crippen molar-refractivity contribution < 1.29 is 27.8 Å². The van der Waals surface area contributed by atoms with Crippen molar-refractivity contribution in [1.82, 2.24) is 0 Å². The molecule has 0 unspecified atom stereocenters. The molecule has 0 atom stereocenters. The number of rotatable bonds is 6. The molecule has 1 saturated heterocycles. The Labute approximate surface area is 172 Å². The Morgan fingerprint density at radius 1 is 1.17 bits per heavy atom. The summed E-state index contributed by atoms with van der Waals surface area (Å²) in [6.07, 6.45) is 2.42. The normalized spacial score (nSPS) is 16.4. The van der Waals surface area contributed by atoms with Crippen molar-refractivity contribution in [2.45, 2.75) is 32.3 Å². The fraction of sp³-hybridized carbons (Fsp3) is 0.364. The second-order valence-electron chi connectivity index (χ2n) is 7.53. The molecule has 2 aromatic rings. The smallest absolute Gasteiger partial charge is 0.387 e. The Bertz CT molecular complexity index is 925. The van der Waals surface area contributed by atoms with Gasteiger partial charge in [0.2, 0.25) is 5.91 Å². The number of alkyl halides is 2. The maximum absolute atomic E-state index is 12.4. The third-order valence-electron chi connectivity index (χ3n) is 5.43. The number of ether oxygens (including phenoxy) is 2. The van der Waals surface area contributed by atoms with Gasteiger partial charge in [0.05, 0.1) is 6.42 Å². The number of nitrogens with zero attached hydrogens (tertiary/aromatic N) is 1. The highest BCUT2D eigenvalue weighted by molar-refractivity contribution is 5.92. The van der Waals surface area contributed by atoms with E-state index in [1.165, 1.54) is 12.1 Å². The SMILES string of the molecule is O=C(CC1CCN(c2ccc(OC(F)F)cc2)CC1)Nc1ccc2c(c1)OC(=O)C2. The number of benzene rings is 2. The van der Waals surface area contributed by atoms with Gasteiger partial charge in [-0.1, -0.05) is 6.07 Å². The fourth-order valence-electron chi connectivity index (χ4n) is 3.90. The van der Waals surface area contributed by atoms with Crippen LogP contribution in [0.1, 0.15) is 24.8 Å². The van der Waals surface area contributed by atoms with Gasteiger partial charge in [-0.2, -0.15) is 8.78 Å². The van der Waals surface area contributed by atoms with Gasteiger partial charge in [0.1, 0.15) is 11.5 Å². The number of halogens is 2. The van der Waals surface area contributed by atoms with E-state index >= 15 is 0 Å². The van der Waals surface area contributed by atoms with E-state index in [0.717, 1.165) is 37.2 Å². The first kappa shape index (κ1) is 20.1. The average Bonchev–Trinajstić information content (AvgIpc) is 3.08. The van der Waals surface area contributed by atoms with Crippen molar-refractivity contribution in [3.05, 3.63) is 48.0 Å². The lowest BCUT2D eigenvalue weighted by Crippen LogP contribution is -2.34. The zero-order valence-corrected chi connectivity index (χ0v) is 16.3. The van der Waals surface area contributed by atoms with E-state index in [1.54, 1.807) is 30.3 Å². The van der Waals surface area contributed by atoms with Gasteiger partial charge in [-0.05, 0) is 49.1 Å². The number of carbonyl (C=O) groups is 2. The molecule has 158 valence electrons. The Hall–Kier alpha value is -3.16. The average molecular weight is 416 g/mol. The first-order valence-corrected chi connectivity index (χ1v) is 9.89. The maximum Gasteiger partial charge on any atom is 0.387 e. The third kappa shape index (κ3) is 4.87. The highest BCUT2D eigenvalue weighted by atomic mass is 19.3. The van der Waals surface area contributed by atoms with Crippen molar-refractivity contribution in [1.29, 1.82) is 0 Å². The van der Waals surface area contributed by atoms with Crippen molar-refractivity contribution in [3.63, 3.8) is 0 Å². The largest absolute Gasteiger partial charge is 0.435 e. The second-order valence-corrected chi connectivity index (χ2v) is 7.53. The van der Waals surface area contributed by atoms with Crippen LogP contribution in [0.2, 0.25) is 0 Å². The van der Waals surface area contributed by atoms with E-state index < -0.39 is 6.61 Å². The van der Waals surface area contributed by atoms with Crippen molar-refractivity contribution in [2.75, 3.05) is 23.3 Å². The predicted octanol–water partition coefficient (Wildman–Crippen LogP) is 3.99. The van der Waals surface area contributed by atoms with Crippen LogP contribution in [0, 0.1) is 5.92 Å². The lowest BCUT2D eigenvalue weighted by molar-refractivity contribution is -0.131. The van der Waals surface area contributed by atoms with Crippen LogP contribution >= 0.6 is 0 Å². The third-order valence-corrected chi connectivity index (χ3v) is 5.43. The van der Waals surface area contributed by atoms with E-state index in [-0.39, 0.29) is 30.0 Å². The molecule has 8 heteroatoms. The minimum Gasteiger partial charge on any atom is -0.435 e. The number of fused-ring (bicyclic) bond motifs is 1. The molecule has 2 aliphatic rings. The molecular weight excluding hydrogens is 394 g/mol. The molecule has 0 saturated carbocycles. The quantitative estimate of drug-likeness (QED) is 0.570. The van der Waals surface area contributed by atoms with Gasteiger partial charge in [-0.25, -0.2) is 0 Å². The molecule has 1 N–H and O–H groups in total. The highest BCUT2D eigenvalue weighted by Gasteiger charge is 2.23. The topological polar surface area (TPSA) is 67.9 Å². The predicted molar refractivity (Wildman–Crippen MR) is 107 cm³/mol. The van der Waals surface area contributed by atoms with Gasteiger partial charge in [-0.3, -0.25) is 9.59 Å². The van der Waals surface area contributed by atoms with Gasteiger partial charge in [0.25, 0.3) is 0 Å². The lowest BCUT2D eigenvalue weighted by Gasteiger charge is -2.33. The molecule has 0 aromatic heterocycles. The highest BCUT2D eigenvalue weighted by Crippen LogP contribution is 2.30. The Morgan fingerprint density at radius 2 is 1.90 bits per heavy atom. The van der Waals surface area contributed by atoms with Gasteiger partial charge in [-0.15, -0.1) is 0 Å². The van der Waals surface area contributed by atoms with E-state index in [2.05, 4.69) is 15.0 Å². The first-order chi connectivity index (χ1) is 14.5. The minimum absolute atomic E-state index is 0.0637. The van der Waals surface area contributed by atoms with Crippen molar-refractivity contribution in [2.24, 2.45) is 5.92 Å². The van der Waals surface area contributed by atoms with Crippen LogP contribution in [0.25, 0.3) is 0 Å². The van der Waals surface area contributed by atoms with Crippen LogP contribution in [0.3, 0.4) is 0 Å². The number of piperidine rings is 1. The molecule has 0 radical (unpaired) electrons. The van der Waals surface area contributed by atoms with Crippen LogP contribution in [0.5, 0.6) is 11.5 Å². The standard InChI is InChI=1S/C22H22F2N2O4/c23-22(24)29-18-5-3-17(4-6-18)26-9-7-14(8-10-26)11-20(27)25-16-2-1-15-12-21(28)30-19(15)13-16/h1-6,13-14,22H,7-12H2,(H,25,27). The van der Waals surface area contributed by atoms with Crippen LogP contribution in [-0.4, -0.2) is 31.6 Å². The summed E-state index contributed by atoms with van der Waals surface area (Å²) >= 11 is 0. The molecule has 1 fully saturated rings. The fourth-order valence-corrected chi connectivity index (χ4v) is 3.90. The summed E-state index contributed by atoms with van der Waals surface area (Å²) in [5.74, 6) is 0.579. The van der Waals surface area contributed by atoms with E-state index in [0.29, 0.717) is 17.9 Å². The van der Waals surface area contributed by atoms with E-state index in [9.17, 15) is 18.4 Å². The number of esters is 1. The summed E-state index contributed by atoms with van der Waals surface area (Å²) < 4.78 is 34.0. The van der Waals surface area contributed by atoms with Gasteiger partial charge in [0, 0.05) is 42.5 Å². The van der Waals surface area contributed by atoms with Crippen LogP contribution in [-0.2, 0) is 16.0 Å². The van der Waals surface area contributed by atoms with E-state index in [1.807, 2.05) is 0 Å². The van der Waals surface area contributed by atoms with Crippen molar-refractivity contribution in [3.8, 4) is 11.5 Å². The van der Waals surface area contributed by atoms with Crippen LogP contribution in [0.15, 0.2) is 42.5 Å². The zero-order chi connectivity index (χ0) is 21.1. The lowest BCUT2D eigenvalue weighted by atomic mass is 9.93. The molecule has 0 spiro atoms. The molecule has 2 heterocycles. The Morgan fingerprint density at radius 3 is 2.60 bits per heavy atom. The maximum atomic E-state index is 12.4. The number of hydrogen-bond acceptors (Lipinski definition) is 5. The summed E-state index contributed by atoms with van der Waals surface area (Å²) in [6, 6.07) is 11.9. The Balaban J connectivity index is 1.25. The summed E-state index contributed by atoms with van der Waals surface area (Å²) in [5, 5.41) is 2.88. The summed E-state index contributed by atoms with van der Waals surface area (Å²) in [6.45, 7) is -1.24. The van der Waals surface area contributed by atoms with Crippen LogP contribution in [0.4, 0.5) is 20.2 Å². The van der Waals surface area contributed by atoms with Gasteiger partial charge in [0.15, 0.2) is 0 Å².